The fraction of sp³-hybridized carbons (Fsp3) is 0.941. The molecule has 0 aromatic rings. The number of rotatable bonds is 15. The highest BCUT2D eigenvalue weighted by Crippen LogP contribution is 2.12. The lowest BCUT2D eigenvalue weighted by Gasteiger charge is -2.03. The predicted molar refractivity (Wildman–Crippen MR) is 84.3 cm³/mol. The molecule has 0 spiro atoms. The normalized spacial score (nSPS) is 10.7. The van der Waals surface area contributed by atoms with Crippen molar-refractivity contribution in [3.05, 3.63) is 0 Å². The highest BCUT2D eigenvalue weighted by Gasteiger charge is 1.96. The molecule has 0 fully saturated rings. The summed E-state index contributed by atoms with van der Waals surface area (Å²) < 4.78 is 4.47. The molecule has 0 saturated heterocycles. The summed E-state index contributed by atoms with van der Waals surface area (Å²) in [7, 11) is 0. The second-order valence-electron chi connectivity index (χ2n) is 5.71. The van der Waals surface area contributed by atoms with E-state index in [2.05, 4.69) is 11.7 Å². The Balaban J connectivity index is 2.94. The molecule has 1 N–H and O–H groups in total. The standard InChI is InChI=1S/C17H34O3/c1-2-3-4-5-6-7-8-9-10-11-12-13-14-15-16-20-17(18)19/h2-16H2,1H3,(H,18,19). The monoisotopic (exact) mass is 286 g/mol. The first-order valence-electron chi connectivity index (χ1n) is 8.63. The lowest BCUT2D eigenvalue weighted by molar-refractivity contribution is 0.0899. The molecule has 0 aliphatic rings. The number of carbonyl (C=O) groups is 1. The Bertz CT molecular complexity index is 204. The summed E-state index contributed by atoms with van der Waals surface area (Å²) in [6, 6.07) is 0. The lowest BCUT2D eigenvalue weighted by atomic mass is 10.0. The Morgan fingerprint density at radius 3 is 1.40 bits per heavy atom. The van der Waals surface area contributed by atoms with E-state index in [1.165, 1.54) is 77.0 Å². The minimum absolute atomic E-state index is 0.355. The number of hydrogen-bond donors (Lipinski definition) is 1. The van der Waals surface area contributed by atoms with E-state index in [1.807, 2.05) is 0 Å². The van der Waals surface area contributed by atoms with Gasteiger partial charge in [0.1, 0.15) is 0 Å². The molecule has 0 heterocycles. The molecule has 0 aliphatic heterocycles. The van der Waals surface area contributed by atoms with Crippen molar-refractivity contribution in [2.24, 2.45) is 0 Å². The average Bonchev–Trinajstić information content (AvgIpc) is 2.43. The summed E-state index contributed by atoms with van der Waals surface area (Å²) >= 11 is 0. The lowest BCUT2D eigenvalue weighted by Crippen LogP contribution is -2.01. The molecule has 0 radical (unpaired) electrons. The summed E-state index contributed by atoms with van der Waals surface area (Å²) in [5.74, 6) is 0. The Labute approximate surface area is 125 Å². The van der Waals surface area contributed by atoms with Gasteiger partial charge >= 0.3 is 6.16 Å². The molecule has 0 amide bonds. The molecule has 0 rings (SSSR count). The molecule has 120 valence electrons. The van der Waals surface area contributed by atoms with Crippen LogP contribution in [0.1, 0.15) is 96.8 Å². The molecule has 3 nitrogen and oxygen atoms in total. The van der Waals surface area contributed by atoms with Gasteiger partial charge in [0.2, 0.25) is 0 Å². The summed E-state index contributed by atoms with van der Waals surface area (Å²) in [6.45, 7) is 2.62. The smallest absolute Gasteiger partial charge is 0.450 e. The van der Waals surface area contributed by atoms with E-state index in [-0.39, 0.29) is 0 Å². The number of ether oxygens (including phenoxy) is 1. The maximum Gasteiger partial charge on any atom is 0.505 e. The molecule has 0 aliphatic carbocycles. The minimum Gasteiger partial charge on any atom is -0.450 e. The Morgan fingerprint density at radius 2 is 1.05 bits per heavy atom. The van der Waals surface area contributed by atoms with Crippen LogP contribution in [0.3, 0.4) is 0 Å². The van der Waals surface area contributed by atoms with Crippen LogP contribution in [0.5, 0.6) is 0 Å². The van der Waals surface area contributed by atoms with Gasteiger partial charge in [0, 0.05) is 0 Å². The first-order valence-corrected chi connectivity index (χ1v) is 8.63. The van der Waals surface area contributed by atoms with Crippen molar-refractivity contribution in [1.29, 1.82) is 0 Å². The quantitative estimate of drug-likeness (QED) is 0.289. The van der Waals surface area contributed by atoms with Crippen molar-refractivity contribution >= 4 is 6.16 Å². The number of unbranched alkanes of at least 4 members (excludes halogenated alkanes) is 13. The van der Waals surface area contributed by atoms with Gasteiger partial charge in [-0.15, -0.1) is 0 Å². The Kier molecular flexibility index (Phi) is 15.7. The van der Waals surface area contributed by atoms with Gasteiger partial charge in [0.15, 0.2) is 0 Å². The fourth-order valence-electron chi connectivity index (χ4n) is 2.46. The van der Waals surface area contributed by atoms with Crippen molar-refractivity contribution in [2.75, 3.05) is 6.61 Å². The molecule has 0 bridgehead atoms. The van der Waals surface area contributed by atoms with E-state index in [4.69, 9.17) is 5.11 Å². The fourth-order valence-corrected chi connectivity index (χ4v) is 2.46. The largest absolute Gasteiger partial charge is 0.505 e. The van der Waals surface area contributed by atoms with Crippen molar-refractivity contribution in [3.63, 3.8) is 0 Å². The molecular formula is C17H34O3. The topological polar surface area (TPSA) is 46.5 Å². The van der Waals surface area contributed by atoms with Crippen LogP contribution in [0.25, 0.3) is 0 Å². The van der Waals surface area contributed by atoms with Gasteiger partial charge in [-0.3, -0.25) is 0 Å². The molecular weight excluding hydrogens is 252 g/mol. The van der Waals surface area contributed by atoms with Gasteiger partial charge in [0.05, 0.1) is 6.61 Å². The highest BCUT2D eigenvalue weighted by atomic mass is 16.7. The Hall–Kier alpha value is -0.730. The SMILES string of the molecule is CCCCCCCCCCCCCCCCOC(=O)O. The summed E-state index contributed by atoms with van der Waals surface area (Å²) in [6.07, 6.45) is 17.2. The van der Waals surface area contributed by atoms with Crippen molar-refractivity contribution in [3.8, 4) is 0 Å². The maximum atomic E-state index is 10.1. The molecule has 0 aromatic carbocycles. The van der Waals surface area contributed by atoms with Crippen LogP contribution < -0.4 is 0 Å². The van der Waals surface area contributed by atoms with E-state index in [9.17, 15) is 4.79 Å². The van der Waals surface area contributed by atoms with Gasteiger partial charge < -0.3 is 9.84 Å². The zero-order chi connectivity index (χ0) is 14.9. The van der Waals surface area contributed by atoms with Crippen molar-refractivity contribution in [1.82, 2.24) is 0 Å². The van der Waals surface area contributed by atoms with Gasteiger partial charge in [-0.2, -0.15) is 0 Å². The van der Waals surface area contributed by atoms with Gasteiger partial charge in [-0.05, 0) is 6.42 Å². The van der Waals surface area contributed by atoms with Gasteiger partial charge in [-0.1, -0.05) is 90.4 Å². The molecule has 0 atom stereocenters. The van der Waals surface area contributed by atoms with Gasteiger partial charge in [0.25, 0.3) is 0 Å². The highest BCUT2D eigenvalue weighted by molar-refractivity contribution is 5.56. The van der Waals surface area contributed by atoms with Crippen molar-refractivity contribution in [2.45, 2.75) is 96.8 Å². The first-order chi connectivity index (χ1) is 9.77. The van der Waals surface area contributed by atoms with Gasteiger partial charge in [-0.25, -0.2) is 4.79 Å². The van der Waals surface area contributed by atoms with Crippen molar-refractivity contribution < 1.29 is 14.6 Å². The molecule has 0 saturated carbocycles. The summed E-state index contributed by atoms with van der Waals surface area (Å²) in [4.78, 5) is 10.1. The van der Waals surface area contributed by atoms with Crippen LogP contribution >= 0.6 is 0 Å². The summed E-state index contributed by atoms with van der Waals surface area (Å²) in [5, 5.41) is 8.30. The van der Waals surface area contributed by atoms with Crippen LogP contribution in [0, 0.1) is 0 Å². The molecule has 0 aromatic heterocycles. The average molecular weight is 286 g/mol. The second-order valence-corrected chi connectivity index (χ2v) is 5.71. The predicted octanol–water partition coefficient (Wildman–Crippen LogP) is 6.16. The van der Waals surface area contributed by atoms with E-state index >= 15 is 0 Å². The molecule has 3 heteroatoms. The molecule has 0 unspecified atom stereocenters. The second kappa shape index (κ2) is 16.3. The van der Waals surface area contributed by atoms with Crippen LogP contribution in [-0.4, -0.2) is 17.9 Å². The van der Waals surface area contributed by atoms with E-state index in [0.717, 1.165) is 12.8 Å². The first kappa shape index (κ1) is 19.3. The van der Waals surface area contributed by atoms with E-state index in [0.29, 0.717) is 6.61 Å². The summed E-state index contributed by atoms with van der Waals surface area (Å²) in [5.41, 5.74) is 0. The van der Waals surface area contributed by atoms with Crippen LogP contribution in [0.4, 0.5) is 4.79 Å². The third-order valence-corrected chi connectivity index (χ3v) is 3.72. The third kappa shape index (κ3) is 17.3. The number of carboxylic acid groups (broad SMARTS) is 1. The van der Waals surface area contributed by atoms with Crippen LogP contribution in [0.2, 0.25) is 0 Å². The Morgan fingerprint density at radius 1 is 0.700 bits per heavy atom. The zero-order valence-electron chi connectivity index (χ0n) is 13.4. The maximum absolute atomic E-state index is 10.1. The zero-order valence-corrected chi connectivity index (χ0v) is 13.4. The third-order valence-electron chi connectivity index (χ3n) is 3.72. The minimum atomic E-state index is -1.15. The molecule has 20 heavy (non-hydrogen) atoms. The van der Waals surface area contributed by atoms with E-state index in [1.54, 1.807) is 0 Å². The van der Waals surface area contributed by atoms with E-state index < -0.39 is 6.16 Å². The van der Waals surface area contributed by atoms with Crippen LogP contribution in [-0.2, 0) is 4.74 Å². The van der Waals surface area contributed by atoms with Crippen LogP contribution in [0.15, 0.2) is 0 Å². The number of hydrogen-bond acceptors (Lipinski definition) is 2.